The summed E-state index contributed by atoms with van der Waals surface area (Å²) < 4.78 is 7.64. The van der Waals surface area contributed by atoms with Gasteiger partial charge in [0.2, 0.25) is 0 Å². The van der Waals surface area contributed by atoms with Gasteiger partial charge in [-0.3, -0.25) is 9.80 Å². The zero-order valence-electron chi connectivity index (χ0n) is 19.4. The molecule has 1 atom stereocenters. The Morgan fingerprint density at radius 2 is 1.91 bits per heavy atom. The van der Waals surface area contributed by atoms with Crippen molar-refractivity contribution in [3.63, 3.8) is 0 Å². The van der Waals surface area contributed by atoms with Gasteiger partial charge in [-0.05, 0) is 67.3 Å². The molecule has 0 radical (unpaired) electrons. The Morgan fingerprint density at radius 1 is 1.03 bits per heavy atom. The zero-order chi connectivity index (χ0) is 22.5. The van der Waals surface area contributed by atoms with E-state index >= 15 is 0 Å². The monoisotopic (exact) mass is 434 g/mol. The van der Waals surface area contributed by atoms with Crippen LogP contribution in [0, 0.1) is 13.8 Å². The molecule has 170 valence electrons. The van der Waals surface area contributed by atoms with Crippen molar-refractivity contribution in [2.45, 2.75) is 39.4 Å². The van der Waals surface area contributed by atoms with E-state index in [0.717, 1.165) is 50.7 Å². The van der Waals surface area contributed by atoms with E-state index in [2.05, 4.69) is 63.7 Å². The third kappa shape index (κ3) is 4.88. The summed E-state index contributed by atoms with van der Waals surface area (Å²) in [7, 11) is 1.72. The molecule has 0 bridgehead atoms. The highest BCUT2D eigenvalue weighted by Crippen LogP contribution is 2.26. The van der Waals surface area contributed by atoms with Gasteiger partial charge >= 0.3 is 0 Å². The normalized spacial score (nSPS) is 17.6. The minimum atomic E-state index is 0.208. The van der Waals surface area contributed by atoms with E-state index in [-0.39, 0.29) is 6.61 Å². The molecule has 4 rings (SSSR count). The van der Waals surface area contributed by atoms with E-state index in [1.807, 2.05) is 24.4 Å². The Hall–Kier alpha value is -2.67. The van der Waals surface area contributed by atoms with Crippen molar-refractivity contribution in [1.82, 2.24) is 19.4 Å². The van der Waals surface area contributed by atoms with Crippen LogP contribution >= 0.6 is 0 Å². The lowest BCUT2D eigenvalue weighted by molar-refractivity contribution is 0.0490. The highest BCUT2D eigenvalue weighted by molar-refractivity contribution is 5.43. The van der Waals surface area contributed by atoms with E-state index in [1.54, 1.807) is 7.11 Å². The molecule has 0 saturated carbocycles. The molecule has 2 aromatic heterocycles. The predicted molar refractivity (Wildman–Crippen MR) is 127 cm³/mol. The van der Waals surface area contributed by atoms with Crippen molar-refractivity contribution in [3.8, 4) is 11.6 Å². The summed E-state index contributed by atoms with van der Waals surface area (Å²) in [6.07, 6.45) is 4.69. The van der Waals surface area contributed by atoms with Gasteiger partial charge < -0.3 is 14.4 Å². The molecular weight excluding hydrogens is 400 g/mol. The first-order valence-electron chi connectivity index (χ1n) is 11.4. The molecule has 1 saturated heterocycles. The fraction of sp³-hybridized carbons (Fsp3) is 0.423. The number of hydrogen-bond acceptors (Lipinski definition) is 5. The van der Waals surface area contributed by atoms with Crippen LogP contribution in [0.5, 0.6) is 5.75 Å². The van der Waals surface area contributed by atoms with E-state index in [0.29, 0.717) is 6.04 Å². The number of aliphatic hydroxyl groups excluding tert-OH is 1. The third-order valence-electron chi connectivity index (χ3n) is 6.71. The highest BCUT2D eigenvalue weighted by Gasteiger charge is 2.27. The number of aliphatic hydroxyl groups is 1. The number of aromatic nitrogens is 2. The maximum Gasteiger partial charge on any atom is 0.136 e. The summed E-state index contributed by atoms with van der Waals surface area (Å²) in [5.74, 6) is 1.89. The SMILES string of the molecule is COc1ccc(CN2CCN(Cc3cccn3-c3ccccn3)C[C@H]2CCO)c(C)c1C. The van der Waals surface area contributed by atoms with Gasteiger partial charge in [0.05, 0.1) is 7.11 Å². The van der Waals surface area contributed by atoms with E-state index in [4.69, 9.17) is 4.74 Å². The molecule has 0 spiro atoms. The standard InChI is InChI=1S/C26H34N4O2/c1-20-21(2)25(32-3)10-9-22(20)17-29-15-14-28(18-23(29)11-16-31)19-24-7-6-13-30(24)26-8-4-5-12-27-26/h4-10,12-13,23,31H,11,14-19H2,1-3H3/t23-/m1/s1. The number of nitrogens with zero attached hydrogens (tertiary/aromatic N) is 4. The van der Waals surface area contributed by atoms with Crippen LogP contribution < -0.4 is 4.74 Å². The van der Waals surface area contributed by atoms with Gasteiger partial charge in [0.15, 0.2) is 0 Å². The van der Waals surface area contributed by atoms with Crippen molar-refractivity contribution in [2.24, 2.45) is 0 Å². The summed E-state index contributed by atoms with van der Waals surface area (Å²) in [5, 5.41) is 9.73. The molecule has 1 aromatic carbocycles. The Morgan fingerprint density at radius 3 is 2.66 bits per heavy atom. The number of ether oxygens (including phenoxy) is 1. The lowest BCUT2D eigenvalue weighted by Crippen LogP contribution is -2.52. The lowest BCUT2D eigenvalue weighted by Gasteiger charge is -2.41. The first kappa shape index (κ1) is 22.5. The van der Waals surface area contributed by atoms with Gasteiger partial charge in [0.1, 0.15) is 11.6 Å². The van der Waals surface area contributed by atoms with Crippen LogP contribution in [0.15, 0.2) is 54.9 Å². The second-order valence-corrected chi connectivity index (χ2v) is 8.61. The summed E-state index contributed by atoms with van der Waals surface area (Å²) in [5.41, 5.74) is 5.07. The summed E-state index contributed by atoms with van der Waals surface area (Å²) in [6.45, 7) is 9.22. The fourth-order valence-corrected chi connectivity index (χ4v) is 4.69. The Balaban J connectivity index is 1.45. The molecule has 32 heavy (non-hydrogen) atoms. The maximum absolute atomic E-state index is 9.73. The topological polar surface area (TPSA) is 53.8 Å². The molecule has 3 heterocycles. The molecule has 6 heteroatoms. The number of piperazine rings is 1. The quantitative estimate of drug-likeness (QED) is 0.588. The lowest BCUT2D eigenvalue weighted by atomic mass is 10.00. The van der Waals surface area contributed by atoms with E-state index in [1.165, 1.54) is 22.4 Å². The summed E-state index contributed by atoms with van der Waals surface area (Å²) in [6, 6.07) is 14.8. The Kier molecular flexibility index (Phi) is 7.25. The van der Waals surface area contributed by atoms with Crippen molar-refractivity contribution in [1.29, 1.82) is 0 Å². The van der Waals surface area contributed by atoms with Crippen LogP contribution in [0.2, 0.25) is 0 Å². The second-order valence-electron chi connectivity index (χ2n) is 8.61. The van der Waals surface area contributed by atoms with Gasteiger partial charge in [-0.15, -0.1) is 0 Å². The second kappa shape index (κ2) is 10.3. The molecule has 1 fully saturated rings. The smallest absolute Gasteiger partial charge is 0.136 e. The van der Waals surface area contributed by atoms with E-state index in [9.17, 15) is 5.11 Å². The predicted octanol–water partition coefficient (Wildman–Crippen LogP) is 3.57. The molecule has 0 aliphatic carbocycles. The average Bonchev–Trinajstić information content (AvgIpc) is 3.27. The number of hydrogen-bond donors (Lipinski definition) is 1. The Labute approximate surface area is 191 Å². The zero-order valence-corrected chi connectivity index (χ0v) is 19.4. The van der Waals surface area contributed by atoms with Crippen molar-refractivity contribution >= 4 is 0 Å². The molecular formula is C26H34N4O2. The van der Waals surface area contributed by atoms with Crippen LogP contribution in [0.3, 0.4) is 0 Å². The maximum atomic E-state index is 9.73. The molecule has 0 unspecified atom stereocenters. The molecule has 0 amide bonds. The van der Waals surface area contributed by atoms with Crippen molar-refractivity contribution < 1.29 is 9.84 Å². The van der Waals surface area contributed by atoms with Gasteiger partial charge in [0.25, 0.3) is 0 Å². The number of methoxy groups -OCH3 is 1. The van der Waals surface area contributed by atoms with Crippen LogP contribution in [0.4, 0.5) is 0 Å². The highest BCUT2D eigenvalue weighted by atomic mass is 16.5. The minimum Gasteiger partial charge on any atom is -0.496 e. The van der Waals surface area contributed by atoms with Crippen molar-refractivity contribution in [2.75, 3.05) is 33.4 Å². The van der Waals surface area contributed by atoms with Crippen LogP contribution in [0.1, 0.15) is 28.8 Å². The minimum absolute atomic E-state index is 0.208. The number of rotatable bonds is 8. The third-order valence-corrected chi connectivity index (χ3v) is 6.71. The van der Waals surface area contributed by atoms with Gasteiger partial charge in [-0.1, -0.05) is 12.1 Å². The Bertz CT molecular complexity index is 1020. The molecule has 1 aliphatic heterocycles. The first-order valence-corrected chi connectivity index (χ1v) is 11.4. The number of pyridine rings is 1. The summed E-state index contributed by atoms with van der Waals surface area (Å²) in [4.78, 5) is 9.52. The summed E-state index contributed by atoms with van der Waals surface area (Å²) >= 11 is 0. The number of benzene rings is 1. The van der Waals surface area contributed by atoms with E-state index < -0.39 is 0 Å². The molecule has 1 aliphatic rings. The van der Waals surface area contributed by atoms with Crippen LogP contribution in [-0.2, 0) is 13.1 Å². The van der Waals surface area contributed by atoms with Gasteiger partial charge in [-0.2, -0.15) is 0 Å². The average molecular weight is 435 g/mol. The molecule has 1 N–H and O–H groups in total. The van der Waals surface area contributed by atoms with Gasteiger partial charge in [-0.25, -0.2) is 4.98 Å². The van der Waals surface area contributed by atoms with Crippen LogP contribution in [0.25, 0.3) is 5.82 Å². The largest absolute Gasteiger partial charge is 0.496 e. The fourth-order valence-electron chi connectivity index (χ4n) is 4.69. The van der Waals surface area contributed by atoms with Crippen LogP contribution in [-0.4, -0.2) is 63.9 Å². The van der Waals surface area contributed by atoms with Crippen molar-refractivity contribution in [3.05, 3.63) is 77.2 Å². The molecule has 6 nitrogen and oxygen atoms in total. The van der Waals surface area contributed by atoms with Gasteiger partial charge in [0, 0.05) is 63.5 Å². The first-order chi connectivity index (χ1) is 15.6. The molecule has 3 aromatic rings.